The van der Waals surface area contributed by atoms with E-state index in [0.29, 0.717) is 10.0 Å². The quantitative estimate of drug-likeness (QED) is 0.322. The number of carbonyl (C=O) groups excluding carboxylic acids is 2. The van der Waals surface area contributed by atoms with E-state index in [0.717, 1.165) is 14.0 Å². The van der Waals surface area contributed by atoms with Crippen molar-refractivity contribution >= 4 is 62.5 Å². The van der Waals surface area contributed by atoms with Crippen LogP contribution in [-0.4, -0.2) is 34.5 Å². The molecule has 1 heterocycles. The molecule has 3 amide bonds. The van der Waals surface area contributed by atoms with E-state index in [1.807, 2.05) is 30.3 Å². The lowest BCUT2D eigenvalue weighted by Crippen LogP contribution is -2.30. The second kappa shape index (κ2) is 8.74. The van der Waals surface area contributed by atoms with E-state index in [1.54, 1.807) is 12.1 Å². The molecule has 2 N–H and O–H groups in total. The van der Waals surface area contributed by atoms with Gasteiger partial charge in [0.1, 0.15) is 11.4 Å². The highest BCUT2D eigenvalue weighted by atomic mass is 127. The normalized spacial score (nSPS) is 15.1. The van der Waals surface area contributed by atoms with E-state index in [4.69, 9.17) is 9.84 Å². The first-order valence-electron chi connectivity index (χ1n) is 8.07. The van der Waals surface area contributed by atoms with Crippen molar-refractivity contribution in [1.29, 1.82) is 0 Å². The Kier molecular flexibility index (Phi) is 6.35. The van der Waals surface area contributed by atoms with Crippen molar-refractivity contribution in [2.75, 3.05) is 6.61 Å². The van der Waals surface area contributed by atoms with E-state index in [2.05, 4.69) is 43.8 Å². The number of carboxylic acids is 1. The lowest BCUT2D eigenvalue weighted by molar-refractivity contribution is -0.139. The Morgan fingerprint density at radius 1 is 1.25 bits per heavy atom. The molecule has 0 spiro atoms. The Morgan fingerprint density at radius 3 is 2.64 bits per heavy atom. The second-order valence-corrected chi connectivity index (χ2v) is 7.95. The van der Waals surface area contributed by atoms with Crippen LogP contribution in [0.1, 0.15) is 11.1 Å². The van der Waals surface area contributed by atoms with Crippen LogP contribution < -0.4 is 10.1 Å². The molecule has 144 valence electrons. The SMILES string of the molecule is O=C(O)COc1c(Br)cc(I)cc1/C=C1/NC(=O)N(Cc2ccccc2)C1=O. The Hall–Kier alpha value is -2.40. The minimum atomic E-state index is -1.12. The molecule has 0 unspecified atom stereocenters. The van der Waals surface area contributed by atoms with Crippen LogP contribution >= 0.6 is 38.5 Å². The van der Waals surface area contributed by atoms with Crippen molar-refractivity contribution in [3.63, 3.8) is 0 Å². The Labute approximate surface area is 182 Å². The second-order valence-electron chi connectivity index (χ2n) is 5.85. The molecule has 1 fully saturated rings. The molecule has 0 atom stereocenters. The number of amides is 3. The highest BCUT2D eigenvalue weighted by molar-refractivity contribution is 14.1. The highest BCUT2D eigenvalue weighted by Gasteiger charge is 2.33. The molecule has 2 aromatic carbocycles. The van der Waals surface area contributed by atoms with E-state index in [9.17, 15) is 14.4 Å². The molecule has 7 nitrogen and oxygen atoms in total. The predicted octanol–water partition coefficient (Wildman–Crippen LogP) is 3.61. The first-order chi connectivity index (χ1) is 13.3. The van der Waals surface area contributed by atoms with Crippen molar-refractivity contribution in [3.05, 3.63) is 67.3 Å². The van der Waals surface area contributed by atoms with Gasteiger partial charge >= 0.3 is 12.0 Å². The number of imide groups is 1. The van der Waals surface area contributed by atoms with Gasteiger partial charge in [0.15, 0.2) is 6.61 Å². The van der Waals surface area contributed by atoms with Crippen molar-refractivity contribution in [2.24, 2.45) is 0 Å². The molecule has 1 aliphatic heterocycles. The van der Waals surface area contributed by atoms with Crippen LogP contribution in [-0.2, 0) is 16.1 Å². The average molecular weight is 557 g/mol. The lowest BCUT2D eigenvalue weighted by atomic mass is 10.1. The summed E-state index contributed by atoms with van der Waals surface area (Å²) in [5.41, 5.74) is 1.40. The van der Waals surface area contributed by atoms with E-state index in [-0.39, 0.29) is 18.0 Å². The van der Waals surface area contributed by atoms with Crippen molar-refractivity contribution < 1.29 is 24.2 Å². The van der Waals surface area contributed by atoms with Gasteiger partial charge in [-0.15, -0.1) is 0 Å². The third-order valence-electron chi connectivity index (χ3n) is 3.82. The van der Waals surface area contributed by atoms with Gasteiger partial charge in [-0.05, 0) is 62.3 Å². The number of urea groups is 1. The number of carboxylic acid groups (broad SMARTS) is 1. The van der Waals surface area contributed by atoms with Gasteiger partial charge < -0.3 is 15.2 Å². The number of ether oxygens (including phenoxy) is 1. The zero-order chi connectivity index (χ0) is 20.3. The van der Waals surface area contributed by atoms with Gasteiger partial charge in [0.2, 0.25) is 0 Å². The summed E-state index contributed by atoms with van der Waals surface area (Å²) in [7, 11) is 0. The number of carbonyl (C=O) groups is 3. The molecule has 0 aromatic heterocycles. The minimum Gasteiger partial charge on any atom is -0.480 e. The number of hydrogen-bond acceptors (Lipinski definition) is 4. The molecular formula is C19H14BrIN2O5. The van der Waals surface area contributed by atoms with Gasteiger partial charge in [0.05, 0.1) is 11.0 Å². The number of rotatable bonds is 6. The van der Waals surface area contributed by atoms with Gasteiger partial charge in [0, 0.05) is 9.13 Å². The lowest BCUT2D eigenvalue weighted by Gasteiger charge is -2.12. The standard InChI is InChI=1S/C19H14BrIN2O5/c20-14-8-13(21)6-12(17(14)28-10-16(24)25)7-15-18(26)23(19(27)22-15)9-11-4-2-1-3-5-11/h1-8H,9-10H2,(H,22,27)(H,24,25)/b15-7+. The maximum Gasteiger partial charge on any atom is 0.341 e. The largest absolute Gasteiger partial charge is 0.480 e. The number of benzene rings is 2. The zero-order valence-corrected chi connectivity index (χ0v) is 18.1. The maximum absolute atomic E-state index is 12.7. The summed E-state index contributed by atoms with van der Waals surface area (Å²) in [6.07, 6.45) is 1.48. The number of nitrogens with one attached hydrogen (secondary N) is 1. The summed E-state index contributed by atoms with van der Waals surface area (Å²) in [5.74, 6) is -1.31. The minimum absolute atomic E-state index is 0.0926. The van der Waals surface area contributed by atoms with Gasteiger partial charge in [-0.2, -0.15) is 0 Å². The molecule has 0 bridgehead atoms. The molecular weight excluding hydrogens is 543 g/mol. The molecule has 0 radical (unpaired) electrons. The molecule has 0 aliphatic carbocycles. The summed E-state index contributed by atoms with van der Waals surface area (Å²) in [5, 5.41) is 11.4. The summed E-state index contributed by atoms with van der Waals surface area (Å²) >= 11 is 5.44. The zero-order valence-electron chi connectivity index (χ0n) is 14.3. The van der Waals surface area contributed by atoms with Gasteiger partial charge in [-0.1, -0.05) is 30.3 Å². The smallest absolute Gasteiger partial charge is 0.341 e. The summed E-state index contributed by atoms with van der Waals surface area (Å²) < 4.78 is 6.74. The summed E-state index contributed by atoms with van der Waals surface area (Å²) in [6.45, 7) is -0.378. The monoisotopic (exact) mass is 556 g/mol. The molecule has 28 heavy (non-hydrogen) atoms. The summed E-state index contributed by atoms with van der Waals surface area (Å²) in [4.78, 5) is 36.9. The van der Waals surface area contributed by atoms with E-state index < -0.39 is 24.5 Å². The molecule has 3 rings (SSSR count). The van der Waals surface area contributed by atoms with Gasteiger partial charge in [-0.3, -0.25) is 9.69 Å². The van der Waals surface area contributed by atoms with Gasteiger partial charge in [-0.25, -0.2) is 9.59 Å². The third-order valence-corrected chi connectivity index (χ3v) is 5.03. The molecule has 9 heteroatoms. The third kappa shape index (κ3) is 4.71. The first-order valence-corrected chi connectivity index (χ1v) is 9.94. The van der Waals surface area contributed by atoms with Crippen LogP contribution in [0.15, 0.2) is 52.6 Å². The Balaban J connectivity index is 1.90. The van der Waals surface area contributed by atoms with Crippen LogP contribution in [0.25, 0.3) is 6.08 Å². The molecule has 2 aromatic rings. The van der Waals surface area contributed by atoms with Crippen molar-refractivity contribution in [2.45, 2.75) is 6.54 Å². The molecule has 0 saturated carbocycles. The van der Waals surface area contributed by atoms with Crippen molar-refractivity contribution in [1.82, 2.24) is 10.2 Å². The Bertz CT molecular complexity index is 978. The fraction of sp³-hybridized carbons (Fsp3) is 0.105. The van der Waals surface area contributed by atoms with Crippen LogP contribution in [0.5, 0.6) is 5.75 Å². The van der Waals surface area contributed by atoms with E-state index in [1.165, 1.54) is 6.08 Å². The highest BCUT2D eigenvalue weighted by Crippen LogP contribution is 2.33. The van der Waals surface area contributed by atoms with Crippen LogP contribution in [0.4, 0.5) is 4.79 Å². The van der Waals surface area contributed by atoms with Crippen LogP contribution in [0.2, 0.25) is 0 Å². The van der Waals surface area contributed by atoms with Crippen LogP contribution in [0, 0.1) is 3.57 Å². The topological polar surface area (TPSA) is 95.9 Å². The van der Waals surface area contributed by atoms with E-state index >= 15 is 0 Å². The first kappa shape index (κ1) is 20.3. The van der Waals surface area contributed by atoms with Gasteiger partial charge in [0.25, 0.3) is 5.91 Å². The fourth-order valence-corrected chi connectivity index (χ4v) is 4.28. The maximum atomic E-state index is 12.7. The number of aliphatic carboxylic acids is 1. The average Bonchev–Trinajstić information content (AvgIpc) is 2.89. The summed E-state index contributed by atoms with van der Waals surface area (Å²) in [6, 6.07) is 12.2. The fourth-order valence-electron chi connectivity index (χ4n) is 2.61. The Morgan fingerprint density at radius 2 is 1.96 bits per heavy atom. The van der Waals surface area contributed by atoms with Crippen LogP contribution in [0.3, 0.4) is 0 Å². The van der Waals surface area contributed by atoms with Crippen molar-refractivity contribution in [3.8, 4) is 5.75 Å². The molecule has 1 aliphatic rings. The number of nitrogens with zero attached hydrogens (tertiary/aromatic N) is 1. The predicted molar refractivity (Wildman–Crippen MR) is 113 cm³/mol. The number of halogens is 2. The molecule has 1 saturated heterocycles. The number of hydrogen-bond donors (Lipinski definition) is 2.